The highest BCUT2D eigenvalue weighted by Gasteiger charge is 1.97. The molecule has 6 nitrogen and oxygen atoms in total. The van der Waals surface area contributed by atoms with Crippen molar-refractivity contribution in [3.8, 4) is 0 Å². The summed E-state index contributed by atoms with van der Waals surface area (Å²) in [7, 11) is 1.56. The topological polar surface area (TPSA) is 66.2 Å². The van der Waals surface area contributed by atoms with Gasteiger partial charge in [0.05, 0.1) is 19.3 Å². The van der Waals surface area contributed by atoms with Gasteiger partial charge in [-0.05, 0) is 0 Å². The third kappa shape index (κ3) is 3.30. The van der Waals surface area contributed by atoms with Gasteiger partial charge in [-0.2, -0.15) is 0 Å². The number of hydrogen-bond acceptors (Lipinski definition) is 5. The van der Waals surface area contributed by atoms with Crippen LogP contribution in [0.15, 0.2) is 6.20 Å². The van der Waals surface area contributed by atoms with Crippen LogP contribution in [0, 0.1) is 0 Å². The quantitative estimate of drug-likeness (QED) is 0.346. The standard InChI is InChI=1S/C7H11N3O3/c1-12-6-13-3-2-10-4-7(5-11)8-9-10/h4-5H,2-3,6H2,1H3. The molecule has 1 aromatic heterocycles. The Balaban J connectivity index is 2.24. The Hall–Kier alpha value is -1.27. The van der Waals surface area contributed by atoms with Gasteiger partial charge in [0.2, 0.25) is 0 Å². The van der Waals surface area contributed by atoms with E-state index >= 15 is 0 Å². The number of aromatic nitrogens is 3. The first kappa shape index (κ1) is 9.82. The van der Waals surface area contributed by atoms with Gasteiger partial charge in [0.25, 0.3) is 0 Å². The van der Waals surface area contributed by atoms with Gasteiger partial charge < -0.3 is 9.47 Å². The fourth-order valence-electron chi connectivity index (χ4n) is 0.777. The summed E-state index contributed by atoms with van der Waals surface area (Å²) in [6.45, 7) is 1.30. The van der Waals surface area contributed by atoms with Crippen molar-refractivity contribution in [1.29, 1.82) is 0 Å². The maximum Gasteiger partial charge on any atom is 0.171 e. The van der Waals surface area contributed by atoms with Gasteiger partial charge in [-0.15, -0.1) is 5.10 Å². The van der Waals surface area contributed by atoms with E-state index in [4.69, 9.17) is 4.74 Å². The largest absolute Gasteiger partial charge is 0.359 e. The Labute approximate surface area is 75.4 Å². The lowest BCUT2D eigenvalue weighted by Gasteiger charge is -2.01. The van der Waals surface area contributed by atoms with Gasteiger partial charge in [0.1, 0.15) is 12.5 Å². The van der Waals surface area contributed by atoms with Crippen molar-refractivity contribution in [3.63, 3.8) is 0 Å². The van der Waals surface area contributed by atoms with Crippen molar-refractivity contribution < 1.29 is 14.3 Å². The number of carbonyl (C=O) groups is 1. The zero-order valence-electron chi connectivity index (χ0n) is 7.34. The van der Waals surface area contributed by atoms with Crippen LogP contribution in [0.5, 0.6) is 0 Å². The third-order valence-electron chi connectivity index (χ3n) is 1.34. The van der Waals surface area contributed by atoms with Crippen LogP contribution in [0.4, 0.5) is 0 Å². The molecule has 0 spiro atoms. The van der Waals surface area contributed by atoms with Crippen molar-refractivity contribution in [3.05, 3.63) is 11.9 Å². The molecule has 0 amide bonds. The lowest BCUT2D eigenvalue weighted by Crippen LogP contribution is -2.07. The minimum atomic E-state index is 0.259. The van der Waals surface area contributed by atoms with E-state index < -0.39 is 0 Å². The van der Waals surface area contributed by atoms with E-state index in [-0.39, 0.29) is 6.79 Å². The summed E-state index contributed by atoms with van der Waals surface area (Å²) in [6, 6.07) is 0. The molecule has 6 heteroatoms. The maximum absolute atomic E-state index is 10.2. The summed E-state index contributed by atoms with van der Waals surface area (Å²) in [4.78, 5) is 10.2. The fraction of sp³-hybridized carbons (Fsp3) is 0.571. The van der Waals surface area contributed by atoms with Gasteiger partial charge in [0, 0.05) is 7.11 Å². The third-order valence-corrected chi connectivity index (χ3v) is 1.34. The molecule has 0 aliphatic carbocycles. The van der Waals surface area contributed by atoms with Crippen molar-refractivity contribution in [2.75, 3.05) is 20.5 Å². The second-order valence-electron chi connectivity index (χ2n) is 2.34. The monoisotopic (exact) mass is 185 g/mol. The summed E-state index contributed by atoms with van der Waals surface area (Å²) < 4.78 is 11.3. The van der Waals surface area contributed by atoms with Crippen LogP contribution in [0.25, 0.3) is 0 Å². The first-order chi connectivity index (χ1) is 6.36. The highest BCUT2D eigenvalue weighted by atomic mass is 16.7. The van der Waals surface area contributed by atoms with Crippen LogP contribution in [0.1, 0.15) is 10.5 Å². The van der Waals surface area contributed by atoms with E-state index in [0.717, 1.165) is 0 Å². The lowest BCUT2D eigenvalue weighted by molar-refractivity contribution is -0.0337. The first-order valence-electron chi connectivity index (χ1n) is 3.79. The Kier molecular flexibility index (Phi) is 4.07. The maximum atomic E-state index is 10.2. The Bertz CT molecular complexity index is 261. The number of ether oxygens (including phenoxy) is 2. The Morgan fingerprint density at radius 2 is 2.54 bits per heavy atom. The molecular weight excluding hydrogens is 174 g/mol. The lowest BCUT2D eigenvalue weighted by atomic mass is 10.5. The predicted octanol–water partition coefficient (Wildman–Crippen LogP) is -0.289. The SMILES string of the molecule is COCOCCn1cc(C=O)nn1. The number of carbonyl (C=O) groups excluding carboxylic acids is 1. The zero-order valence-corrected chi connectivity index (χ0v) is 7.34. The minimum Gasteiger partial charge on any atom is -0.359 e. The molecule has 0 aromatic carbocycles. The van der Waals surface area contributed by atoms with E-state index in [9.17, 15) is 4.79 Å². The molecule has 72 valence electrons. The summed E-state index contributed by atoms with van der Waals surface area (Å²) in [5, 5.41) is 7.29. The molecule has 0 unspecified atom stereocenters. The molecule has 0 saturated carbocycles. The smallest absolute Gasteiger partial charge is 0.171 e. The van der Waals surface area contributed by atoms with E-state index in [1.165, 1.54) is 0 Å². The average Bonchev–Trinajstić information content (AvgIpc) is 2.60. The van der Waals surface area contributed by atoms with Crippen molar-refractivity contribution >= 4 is 6.29 Å². The second-order valence-corrected chi connectivity index (χ2v) is 2.34. The molecule has 0 atom stereocenters. The first-order valence-corrected chi connectivity index (χ1v) is 3.79. The van der Waals surface area contributed by atoms with Crippen LogP contribution in [0.3, 0.4) is 0 Å². The number of rotatable bonds is 6. The Morgan fingerprint density at radius 1 is 1.69 bits per heavy atom. The molecule has 0 saturated heterocycles. The summed E-state index contributed by atoms with van der Waals surface area (Å²) in [6.07, 6.45) is 2.21. The van der Waals surface area contributed by atoms with E-state index in [2.05, 4.69) is 15.0 Å². The summed E-state index contributed by atoms with van der Waals surface area (Å²) >= 11 is 0. The average molecular weight is 185 g/mol. The van der Waals surface area contributed by atoms with E-state index in [0.29, 0.717) is 25.1 Å². The number of aldehydes is 1. The van der Waals surface area contributed by atoms with Crippen molar-refractivity contribution in [2.45, 2.75) is 6.54 Å². The second kappa shape index (κ2) is 5.39. The normalized spacial score (nSPS) is 10.2. The molecule has 1 rings (SSSR count). The molecule has 0 fully saturated rings. The molecule has 0 bridgehead atoms. The van der Waals surface area contributed by atoms with Crippen LogP contribution in [-0.2, 0) is 16.0 Å². The fourth-order valence-corrected chi connectivity index (χ4v) is 0.777. The van der Waals surface area contributed by atoms with Crippen LogP contribution in [-0.4, -0.2) is 41.8 Å². The number of methoxy groups -OCH3 is 1. The van der Waals surface area contributed by atoms with Crippen LogP contribution < -0.4 is 0 Å². The zero-order chi connectivity index (χ0) is 9.52. The van der Waals surface area contributed by atoms with Gasteiger partial charge >= 0.3 is 0 Å². The van der Waals surface area contributed by atoms with Crippen molar-refractivity contribution in [2.24, 2.45) is 0 Å². The van der Waals surface area contributed by atoms with Crippen LogP contribution >= 0.6 is 0 Å². The molecule has 0 aliphatic rings. The van der Waals surface area contributed by atoms with Gasteiger partial charge in [-0.25, -0.2) is 4.68 Å². The highest BCUT2D eigenvalue weighted by Crippen LogP contribution is 1.88. The van der Waals surface area contributed by atoms with E-state index in [1.54, 1.807) is 18.0 Å². The number of nitrogens with zero attached hydrogens (tertiary/aromatic N) is 3. The highest BCUT2D eigenvalue weighted by molar-refractivity contribution is 5.70. The molecular formula is C7H11N3O3. The minimum absolute atomic E-state index is 0.259. The summed E-state index contributed by atoms with van der Waals surface area (Å²) in [5.74, 6) is 0. The van der Waals surface area contributed by atoms with Crippen molar-refractivity contribution in [1.82, 2.24) is 15.0 Å². The van der Waals surface area contributed by atoms with Gasteiger partial charge in [-0.3, -0.25) is 4.79 Å². The van der Waals surface area contributed by atoms with E-state index in [1.807, 2.05) is 0 Å². The molecule has 0 aliphatic heterocycles. The van der Waals surface area contributed by atoms with Gasteiger partial charge in [-0.1, -0.05) is 5.21 Å². The molecule has 13 heavy (non-hydrogen) atoms. The molecule has 0 N–H and O–H groups in total. The molecule has 0 radical (unpaired) electrons. The predicted molar refractivity (Wildman–Crippen MR) is 43.2 cm³/mol. The Morgan fingerprint density at radius 3 is 3.15 bits per heavy atom. The molecule has 1 heterocycles. The van der Waals surface area contributed by atoms with Crippen LogP contribution in [0.2, 0.25) is 0 Å². The number of hydrogen-bond donors (Lipinski definition) is 0. The molecule has 1 aromatic rings. The summed E-state index contributed by atoms with van der Waals surface area (Å²) in [5.41, 5.74) is 0.326. The van der Waals surface area contributed by atoms with Gasteiger partial charge in [0.15, 0.2) is 6.29 Å².